The van der Waals surface area contributed by atoms with E-state index in [-0.39, 0.29) is 24.3 Å². The third-order valence-electron chi connectivity index (χ3n) is 9.48. The number of likely N-dealkylation sites (tertiary alicyclic amines) is 1. The molecule has 8 heteroatoms. The number of fused-ring (bicyclic) bond motifs is 1. The number of aryl methyl sites for hydroxylation is 2. The molecule has 0 aliphatic carbocycles. The molecule has 7 nitrogen and oxygen atoms in total. The second kappa shape index (κ2) is 10.9. The van der Waals surface area contributed by atoms with Crippen molar-refractivity contribution in [1.82, 2.24) is 10.2 Å². The van der Waals surface area contributed by atoms with Gasteiger partial charge in [-0.1, -0.05) is 78.9 Å². The molecule has 0 radical (unpaired) electrons. The first-order valence-corrected chi connectivity index (χ1v) is 15.4. The number of para-hydroxylation sites is 1. The molecule has 3 heterocycles. The molecule has 1 spiro atoms. The average Bonchev–Trinajstić information content (AvgIpc) is 3.56. The number of hydrogen-bond acceptors (Lipinski definition) is 5. The van der Waals surface area contributed by atoms with E-state index >= 15 is 0 Å². The van der Waals surface area contributed by atoms with Crippen LogP contribution in [0.15, 0.2) is 78.9 Å². The van der Waals surface area contributed by atoms with Gasteiger partial charge in [-0.2, -0.15) is 0 Å². The summed E-state index contributed by atoms with van der Waals surface area (Å²) in [6.45, 7) is 6.00. The molecule has 3 saturated heterocycles. The summed E-state index contributed by atoms with van der Waals surface area (Å²) in [6.07, 6.45) is 1.36. The van der Waals surface area contributed by atoms with Crippen molar-refractivity contribution in [3.63, 3.8) is 0 Å². The zero-order chi connectivity index (χ0) is 29.6. The zero-order valence-corrected chi connectivity index (χ0v) is 25.0. The Kier molecular flexibility index (Phi) is 7.39. The van der Waals surface area contributed by atoms with E-state index in [2.05, 4.69) is 17.6 Å². The fourth-order valence-electron chi connectivity index (χ4n) is 7.53. The number of carbonyl (C=O) groups is 3. The van der Waals surface area contributed by atoms with Gasteiger partial charge in [0.15, 0.2) is 0 Å². The van der Waals surface area contributed by atoms with E-state index < -0.39 is 33.4 Å². The summed E-state index contributed by atoms with van der Waals surface area (Å²) in [5.41, 5.74) is 4.34. The van der Waals surface area contributed by atoms with Gasteiger partial charge < -0.3 is 20.6 Å². The number of anilines is 1. The highest BCUT2D eigenvalue weighted by molar-refractivity contribution is 8.02. The Hall–Kier alpha value is -3.62. The van der Waals surface area contributed by atoms with Gasteiger partial charge in [-0.15, -0.1) is 11.8 Å². The van der Waals surface area contributed by atoms with Crippen LogP contribution in [0.2, 0.25) is 0 Å². The lowest BCUT2D eigenvalue weighted by Gasteiger charge is -2.37. The van der Waals surface area contributed by atoms with Gasteiger partial charge in [0.1, 0.15) is 6.04 Å². The number of aliphatic hydroxyl groups is 1. The minimum absolute atomic E-state index is 0.162. The first-order chi connectivity index (χ1) is 20.2. The molecule has 3 aromatic rings. The van der Waals surface area contributed by atoms with Gasteiger partial charge in [-0.25, -0.2) is 0 Å². The summed E-state index contributed by atoms with van der Waals surface area (Å²) in [5.74, 6) is -1.95. The Balaban J connectivity index is 1.40. The molecule has 0 aromatic heterocycles. The normalized spacial score (nSPS) is 28.4. The number of rotatable bonds is 8. The van der Waals surface area contributed by atoms with Crippen molar-refractivity contribution in [3.8, 4) is 0 Å². The lowest BCUT2D eigenvalue weighted by Crippen LogP contribution is -2.53. The number of thioether (sulfide) groups is 1. The van der Waals surface area contributed by atoms with E-state index in [1.165, 1.54) is 0 Å². The third-order valence-corrected chi connectivity index (χ3v) is 11.5. The smallest absolute Gasteiger partial charge is 0.248 e. The molecule has 2 bridgehead atoms. The standard InChI is InChI=1S/C34H37N3O4S/c1-21-11-10-12-22(2)28(21)36-31(40)29-34-18-17-33(3,42-34)26(30(39)35-19-23-13-6-4-7-14-23)27(34)32(41)37(29)25(20-38)24-15-8-5-9-16-24/h4-16,25-27,29,38H,17-20H2,1-3H3,(H,35,39)(H,36,40)/t25-,26+,27+,29?,33-,34?/m1/s1. The van der Waals surface area contributed by atoms with Gasteiger partial charge in [-0.05, 0) is 55.9 Å². The molecular weight excluding hydrogens is 546 g/mol. The molecule has 3 aliphatic rings. The summed E-state index contributed by atoms with van der Waals surface area (Å²) in [4.78, 5) is 44.6. The maximum Gasteiger partial charge on any atom is 0.248 e. The van der Waals surface area contributed by atoms with E-state index in [1.807, 2.05) is 92.7 Å². The van der Waals surface area contributed by atoms with Crippen molar-refractivity contribution < 1.29 is 19.5 Å². The van der Waals surface area contributed by atoms with Crippen molar-refractivity contribution in [2.45, 2.75) is 61.7 Å². The first-order valence-electron chi connectivity index (χ1n) is 14.6. The molecule has 2 unspecified atom stereocenters. The lowest BCUT2D eigenvalue weighted by atomic mass is 9.66. The fraction of sp³-hybridized carbons (Fsp3) is 0.382. The van der Waals surface area contributed by atoms with Crippen LogP contribution in [0.25, 0.3) is 0 Å². The van der Waals surface area contributed by atoms with E-state index in [4.69, 9.17) is 0 Å². The molecule has 3 fully saturated rings. The number of carbonyl (C=O) groups excluding carboxylic acids is 3. The van der Waals surface area contributed by atoms with E-state index in [1.54, 1.807) is 16.7 Å². The predicted octanol–water partition coefficient (Wildman–Crippen LogP) is 4.77. The molecule has 218 valence electrons. The highest BCUT2D eigenvalue weighted by Crippen LogP contribution is 2.72. The number of benzene rings is 3. The topological polar surface area (TPSA) is 98.7 Å². The summed E-state index contributed by atoms with van der Waals surface area (Å²) in [5, 5.41) is 17.0. The Morgan fingerprint density at radius 2 is 1.60 bits per heavy atom. The second-order valence-electron chi connectivity index (χ2n) is 12.0. The Morgan fingerprint density at radius 3 is 2.24 bits per heavy atom. The van der Waals surface area contributed by atoms with Crippen LogP contribution < -0.4 is 10.6 Å². The molecule has 0 saturated carbocycles. The molecule has 3 N–H and O–H groups in total. The lowest BCUT2D eigenvalue weighted by molar-refractivity contribution is -0.142. The number of amides is 3. The quantitative estimate of drug-likeness (QED) is 0.355. The van der Waals surface area contributed by atoms with Gasteiger partial charge in [0.2, 0.25) is 17.7 Å². The van der Waals surface area contributed by atoms with Gasteiger partial charge in [0.05, 0.1) is 29.2 Å². The average molecular weight is 584 g/mol. The van der Waals surface area contributed by atoms with Gasteiger partial charge in [-0.3, -0.25) is 14.4 Å². The number of nitrogens with one attached hydrogen (secondary N) is 2. The van der Waals surface area contributed by atoms with Crippen LogP contribution in [0.1, 0.15) is 48.1 Å². The fourth-order valence-corrected chi connectivity index (χ4v) is 9.87. The molecule has 3 amide bonds. The highest BCUT2D eigenvalue weighted by Gasteiger charge is 2.77. The maximum atomic E-state index is 14.6. The predicted molar refractivity (Wildman–Crippen MR) is 165 cm³/mol. The van der Waals surface area contributed by atoms with Crippen LogP contribution in [-0.2, 0) is 20.9 Å². The molecule has 6 rings (SSSR count). The Bertz CT molecular complexity index is 1500. The molecule has 3 aromatic carbocycles. The van der Waals surface area contributed by atoms with Gasteiger partial charge in [0, 0.05) is 17.0 Å². The third kappa shape index (κ3) is 4.52. The number of nitrogens with zero attached hydrogens (tertiary/aromatic N) is 1. The molecular formula is C34H37N3O4S. The van der Waals surface area contributed by atoms with Crippen molar-refractivity contribution >= 4 is 35.2 Å². The Labute approximate surface area is 251 Å². The van der Waals surface area contributed by atoms with Crippen LogP contribution in [0.5, 0.6) is 0 Å². The van der Waals surface area contributed by atoms with Crippen molar-refractivity contribution in [1.29, 1.82) is 0 Å². The van der Waals surface area contributed by atoms with Crippen LogP contribution in [0, 0.1) is 25.7 Å². The summed E-state index contributed by atoms with van der Waals surface area (Å²) < 4.78 is -1.27. The van der Waals surface area contributed by atoms with Gasteiger partial charge >= 0.3 is 0 Å². The zero-order valence-electron chi connectivity index (χ0n) is 24.2. The summed E-state index contributed by atoms with van der Waals surface area (Å²) in [6, 6.07) is 23.4. The summed E-state index contributed by atoms with van der Waals surface area (Å²) in [7, 11) is 0. The van der Waals surface area contributed by atoms with Crippen LogP contribution in [-0.4, -0.2) is 49.9 Å². The highest BCUT2D eigenvalue weighted by atomic mass is 32.2. The van der Waals surface area contributed by atoms with Crippen LogP contribution in [0.4, 0.5) is 5.69 Å². The van der Waals surface area contributed by atoms with Crippen LogP contribution in [0.3, 0.4) is 0 Å². The minimum atomic E-state index is -0.856. The SMILES string of the molecule is Cc1cccc(C)c1NC(=O)C1N([C@H](CO)c2ccccc2)C(=O)[C@@H]2[C@@H](C(=O)NCc3ccccc3)[C@@]3(C)CCC12S3. The van der Waals surface area contributed by atoms with Crippen molar-refractivity contribution in [2.75, 3.05) is 11.9 Å². The summed E-state index contributed by atoms with van der Waals surface area (Å²) >= 11 is 1.63. The minimum Gasteiger partial charge on any atom is -0.394 e. The first kappa shape index (κ1) is 28.5. The van der Waals surface area contributed by atoms with Crippen molar-refractivity contribution in [3.05, 3.63) is 101 Å². The molecule has 42 heavy (non-hydrogen) atoms. The monoisotopic (exact) mass is 583 g/mol. The van der Waals surface area contributed by atoms with Crippen molar-refractivity contribution in [2.24, 2.45) is 11.8 Å². The van der Waals surface area contributed by atoms with Gasteiger partial charge in [0.25, 0.3) is 0 Å². The number of hydrogen-bond donors (Lipinski definition) is 3. The second-order valence-corrected chi connectivity index (χ2v) is 13.9. The Morgan fingerprint density at radius 1 is 0.952 bits per heavy atom. The largest absolute Gasteiger partial charge is 0.394 e. The van der Waals surface area contributed by atoms with Crippen LogP contribution >= 0.6 is 11.8 Å². The molecule has 3 aliphatic heterocycles. The van der Waals surface area contributed by atoms with E-state index in [0.29, 0.717) is 13.0 Å². The number of aliphatic hydroxyl groups excluding tert-OH is 1. The van der Waals surface area contributed by atoms with E-state index in [0.717, 1.165) is 34.4 Å². The maximum absolute atomic E-state index is 14.6. The molecule has 6 atom stereocenters. The van der Waals surface area contributed by atoms with E-state index in [9.17, 15) is 19.5 Å².